The summed E-state index contributed by atoms with van der Waals surface area (Å²) in [5, 5.41) is 0. The summed E-state index contributed by atoms with van der Waals surface area (Å²) in [5.74, 6) is -0.823. The molecule has 1 aromatic carbocycles. The van der Waals surface area contributed by atoms with E-state index in [2.05, 4.69) is 4.98 Å². The molecular formula is C19H23F2N5O2. The Bertz CT molecular complexity index is 896. The van der Waals surface area contributed by atoms with Gasteiger partial charge in [-0.05, 0) is 30.2 Å². The zero-order valence-electron chi connectivity index (χ0n) is 15.9. The van der Waals surface area contributed by atoms with Crippen LogP contribution in [0.2, 0.25) is 0 Å². The van der Waals surface area contributed by atoms with E-state index in [0.29, 0.717) is 24.6 Å². The maximum Gasteiger partial charge on any atom is 0.273 e. The number of hydrogen-bond acceptors (Lipinski definition) is 4. The normalized spacial score (nSPS) is 14.5. The summed E-state index contributed by atoms with van der Waals surface area (Å²) >= 11 is 0. The summed E-state index contributed by atoms with van der Waals surface area (Å²) in [6.07, 6.45) is 1.78. The lowest BCUT2D eigenvalue weighted by Gasteiger charge is -2.28. The van der Waals surface area contributed by atoms with Crippen LogP contribution >= 0.6 is 0 Å². The Balaban J connectivity index is 1.61. The van der Waals surface area contributed by atoms with Gasteiger partial charge >= 0.3 is 0 Å². The molecule has 0 spiro atoms. The van der Waals surface area contributed by atoms with Crippen LogP contribution in [0.5, 0.6) is 0 Å². The number of aromatic nitrogens is 2. The van der Waals surface area contributed by atoms with Gasteiger partial charge in [0, 0.05) is 45.8 Å². The van der Waals surface area contributed by atoms with E-state index in [1.54, 1.807) is 25.2 Å². The zero-order chi connectivity index (χ0) is 20.4. The molecule has 1 aliphatic rings. The predicted octanol–water partition coefficient (Wildman–Crippen LogP) is 1.17. The first-order chi connectivity index (χ1) is 13.2. The largest absolute Gasteiger partial charge is 0.343 e. The number of nitrogens with zero attached hydrogens (tertiary/aromatic N) is 4. The molecule has 0 saturated heterocycles. The van der Waals surface area contributed by atoms with E-state index >= 15 is 0 Å². The van der Waals surface area contributed by atoms with E-state index in [9.17, 15) is 18.4 Å². The number of carbonyl (C=O) groups excluding carboxylic acids is 2. The Labute approximate surface area is 161 Å². The molecule has 2 amide bonds. The van der Waals surface area contributed by atoms with Crippen LogP contribution in [0.4, 0.5) is 8.78 Å². The Morgan fingerprint density at radius 3 is 2.75 bits per heavy atom. The van der Waals surface area contributed by atoms with Gasteiger partial charge < -0.3 is 20.1 Å². The van der Waals surface area contributed by atoms with E-state index < -0.39 is 17.7 Å². The van der Waals surface area contributed by atoms with E-state index in [1.807, 2.05) is 4.57 Å². The molecule has 0 saturated carbocycles. The third-order valence-electron chi connectivity index (χ3n) is 4.71. The molecule has 150 valence electrons. The van der Waals surface area contributed by atoms with Crippen molar-refractivity contribution in [2.75, 3.05) is 20.6 Å². The van der Waals surface area contributed by atoms with E-state index in [-0.39, 0.29) is 36.8 Å². The van der Waals surface area contributed by atoms with Crippen molar-refractivity contribution in [1.82, 2.24) is 19.4 Å². The molecule has 28 heavy (non-hydrogen) atoms. The van der Waals surface area contributed by atoms with Crippen molar-refractivity contribution < 1.29 is 18.4 Å². The van der Waals surface area contributed by atoms with Gasteiger partial charge in [-0.15, -0.1) is 0 Å². The number of hydrogen-bond donors (Lipinski definition) is 1. The lowest BCUT2D eigenvalue weighted by atomic mass is 10.0. The highest BCUT2D eigenvalue weighted by Gasteiger charge is 2.25. The highest BCUT2D eigenvalue weighted by atomic mass is 19.1. The summed E-state index contributed by atoms with van der Waals surface area (Å²) in [7, 11) is 3.30. The van der Waals surface area contributed by atoms with Gasteiger partial charge in [0.1, 0.15) is 23.2 Å². The van der Waals surface area contributed by atoms with Gasteiger partial charge in [0.05, 0.1) is 6.54 Å². The molecule has 7 nitrogen and oxygen atoms in total. The topological polar surface area (TPSA) is 84.5 Å². The van der Waals surface area contributed by atoms with E-state index in [1.165, 1.54) is 4.90 Å². The maximum atomic E-state index is 13.8. The van der Waals surface area contributed by atoms with Crippen LogP contribution in [0.15, 0.2) is 24.4 Å². The minimum Gasteiger partial charge on any atom is -0.343 e. The SMILES string of the molecule is CN(C)C(=O)c1cn2c(n1)CN(C(=O)CC(N)Cc1cc(F)ccc1F)CC2. The summed E-state index contributed by atoms with van der Waals surface area (Å²) < 4.78 is 28.9. The van der Waals surface area contributed by atoms with Crippen LogP contribution < -0.4 is 5.73 Å². The van der Waals surface area contributed by atoms with Gasteiger partial charge in [-0.2, -0.15) is 0 Å². The second-order valence-electron chi connectivity index (χ2n) is 7.15. The van der Waals surface area contributed by atoms with Gasteiger partial charge in [0.25, 0.3) is 5.91 Å². The second-order valence-corrected chi connectivity index (χ2v) is 7.15. The van der Waals surface area contributed by atoms with Crippen molar-refractivity contribution in [1.29, 1.82) is 0 Å². The summed E-state index contributed by atoms with van der Waals surface area (Å²) in [5.41, 5.74) is 6.49. The predicted molar refractivity (Wildman–Crippen MR) is 98.3 cm³/mol. The number of amides is 2. The fourth-order valence-corrected chi connectivity index (χ4v) is 3.21. The molecule has 9 heteroatoms. The van der Waals surface area contributed by atoms with Crippen LogP contribution in [0.1, 0.15) is 28.3 Å². The third kappa shape index (κ3) is 4.36. The minimum atomic E-state index is -0.628. The zero-order valence-corrected chi connectivity index (χ0v) is 15.9. The van der Waals surface area contributed by atoms with Gasteiger partial charge in [0.2, 0.25) is 5.91 Å². The average Bonchev–Trinajstić information content (AvgIpc) is 3.07. The van der Waals surface area contributed by atoms with Crippen LogP contribution in [-0.2, 0) is 24.3 Å². The molecule has 3 rings (SSSR count). The highest BCUT2D eigenvalue weighted by Crippen LogP contribution is 2.17. The third-order valence-corrected chi connectivity index (χ3v) is 4.71. The molecule has 2 N–H and O–H groups in total. The highest BCUT2D eigenvalue weighted by molar-refractivity contribution is 5.91. The quantitative estimate of drug-likeness (QED) is 0.829. The van der Waals surface area contributed by atoms with Crippen LogP contribution in [-0.4, -0.2) is 57.8 Å². The standard InChI is InChI=1S/C19H23F2N5O2/c1-24(2)19(28)16-10-25-5-6-26(11-17(25)23-16)18(27)9-14(22)8-12-7-13(20)3-4-15(12)21/h3-4,7,10,14H,5-6,8-9,11,22H2,1-2H3. The average molecular weight is 391 g/mol. The number of rotatable bonds is 5. The van der Waals surface area contributed by atoms with Crippen molar-refractivity contribution in [2.24, 2.45) is 5.73 Å². The molecule has 0 bridgehead atoms. The van der Waals surface area contributed by atoms with Crippen molar-refractivity contribution >= 4 is 11.8 Å². The van der Waals surface area contributed by atoms with Gasteiger partial charge in [-0.3, -0.25) is 9.59 Å². The number of nitrogens with two attached hydrogens (primary N) is 1. The Hall–Kier alpha value is -2.81. The van der Waals surface area contributed by atoms with Crippen molar-refractivity contribution in [3.63, 3.8) is 0 Å². The lowest BCUT2D eigenvalue weighted by molar-refractivity contribution is -0.133. The van der Waals surface area contributed by atoms with Crippen molar-refractivity contribution in [3.8, 4) is 0 Å². The fraction of sp³-hybridized carbons (Fsp3) is 0.421. The molecule has 1 unspecified atom stereocenters. The Morgan fingerprint density at radius 1 is 1.29 bits per heavy atom. The molecule has 2 aromatic rings. The molecular weight excluding hydrogens is 368 g/mol. The number of benzene rings is 1. The fourth-order valence-electron chi connectivity index (χ4n) is 3.21. The van der Waals surface area contributed by atoms with Gasteiger partial charge in [-0.1, -0.05) is 0 Å². The number of carbonyl (C=O) groups is 2. The van der Waals surface area contributed by atoms with Crippen LogP contribution in [0.3, 0.4) is 0 Å². The number of imidazole rings is 1. The number of halogens is 2. The molecule has 1 aromatic heterocycles. The van der Waals surface area contributed by atoms with E-state index in [0.717, 1.165) is 18.2 Å². The van der Waals surface area contributed by atoms with Gasteiger partial charge in [0.15, 0.2) is 0 Å². The lowest BCUT2D eigenvalue weighted by Crippen LogP contribution is -2.41. The first-order valence-corrected chi connectivity index (χ1v) is 8.99. The molecule has 0 aliphatic carbocycles. The first kappa shape index (κ1) is 19.9. The Kier molecular flexibility index (Phi) is 5.73. The molecule has 1 atom stereocenters. The van der Waals surface area contributed by atoms with Gasteiger partial charge in [-0.25, -0.2) is 13.8 Å². The molecule has 0 fully saturated rings. The first-order valence-electron chi connectivity index (χ1n) is 8.99. The molecule has 1 aliphatic heterocycles. The Morgan fingerprint density at radius 2 is 2.04 bits per heavy atom. The summed E-state index contributed by atoms with van der Waals surface area (Å²) in [6, 6.07) is 2.56. The monoisotopic (exact) mass is 391 g/mol. The summed E-state index contributed by atoms with van der Waals surface area (Å²) in [6.45, 7) is 1.28. The molecule has 2 heterocycles. The number of fused-ring (bicyclic) bond motifs is 1. The summed E-state index contributed by atoms with van der Waals surface area (Å²) in [4.78, 5) is 32.0. The smallest absolute Gasteiger partial charge is 0.273 e. The van der Waals surface area contributed by atoms with Crippen molar-refractivity contribution in [3.05, 3.63) is 53.1 Å². The van der Waals surface area contributed by atoms with E-state index in [4.69, 9.17) is 5.73 Å². The van der Waals surface area contributed by atoms with Crippen LogP contribution in [0.25, 0.3) is 0 Å². The minimum absolute atomic E-state index is 0.0140. The van der Waals surface area contributed by atoms with Crippen LogP contribution in [0, 0.1) is 11.6 Å². The van der Waals surface area contributed by atoms with Crippen molar-refractivity contribution in [2.45, 2.75) is 32.0 Å². The second kappa shape index (κ2) is 8.05. The molecule has 0 radical (unpaired) electrons. The maximum absolute atomic E-state index is 13.8.